The minimum Gasteiger partial charge on any atom is -0.444 e. The van der Waals surface area contributed by atoms with Gasteiger partial charge in [0.05, 0.1) is 12.7 Å². The summed E-state index contributed by atoms with van der Waals surface area (Å²) in [5, 5.41) is 0. The predicted molar refractivity (Wildman–Crippen MR) is 93.6 cm³/mol. The van der Waals surface area contributed by atoms with Crippen molar-refractivity contribution >= 4 is 5.91 Å². The molecule has 0 bridgehead atoms. The maximum atomic E-state index is 12.6. The van der Waals surface area contributed by atoms with Crippen LogP contribution in [0.25, 0.3) is 0 Å². The lowest BCUT2D eigenvalue weighted by Crippen LogP contribution is -2.50. The Morgan fingerprint density at radius 1 is 1.17 bits per heavy atom. The van der Waals surface area contributed by atoms with Crippen LogP contribution in [-0.4, -0.2) is 46.9 Å². The van der Waals surface area contributed by atoms with Gasteiger partial charge in [-0.05, 0) is 12.8 Å². The molecule has 0 N–H and O–H groups in total. The number of amides is 1. The molecule has 2 heterocycles. The van der Waals surface area contributed by atoms with E-state index >= 15 is 0 Å². The molecule has 0 atom stereocenters. The summed E-state index contributed by atoms with van der Waals surface area (Å²) in [6.45, 7) is 10.6. The van der Waals surface area contributed by atoms with Gasteiger partial charge in [0.15, 0.2) is 0 Å². The summed E-state index contributed by atoms with van der Waals surface area (Å²) in [5.41, 5.74) is -0.00361. The number of aromatic nitrogens is 1. The summed E-state index contributed by atoms with van der Waals surface area (Å²) < 4.78 is 5.89. The van der Waals surface area contributed by atoms with E-state index in [4.69, 9.17) is 4.42 Å². The number of carbonyl (C=O) groups excluding carboxylic acids is 1. The highest BCUT2D eigenvalue weighted by molar-refractivity contribution is 5.79. The number of hydrogen-bond acceptors (Lipinski definition) is 4. The molecule has 0 radical (unpaired) electrons. The second-order valence-electron chi connectivity index (χ2n) is 8.30. The van der Waals surface area contributed by atoms with Crippen molar-refractivity contribution in [3.05, 3.63) is 17.8 Å². The maximum absolute atomic E-state index is 12.6. The van der Waals surface area contributed by atoms with Crippen molar-refractivity contribution in [2.24, 2.45) is 5.92 Å². The van der Waals surface area contributed by atoms with Gasteiger partial charge in [0.1, 0.15) is 5.76 Å². The third kappa shape index (κ3) is 4.18. The second kappa shape index (κ2) is 7.26. The Balaban J connectivity index is 1.48. The molecule has 2 aliphatic rings. The normalized spacial score (nSPS) is 21.2. The standard InChI is InChI=1S/C19H31N3O2/c1-19(2,3)16-13-20-17(24-16)14-21-9-11-22(12-10-21)18(23)15-7-5-4-6-8-15/h13,15H,4-12,14H2,1-3H3. The first-order valence-electron chi connectivity index (χ1n) is 9.40. The van der Waals surface area contributed by atoms with Crippen LogP contribution < -0.4 is 0 Å². The number of rotatable bonds is 3. The van der Waals surface area contributed by atoms with Crippen molar-refractivity contribution in [2.45, 2.75) is 64.8 Å². The van der Waals surface area contributed by atoms with E-state index in [1.165, 1.54) is 19.3 Å². The fourth-order valence-corrected chi connectivity index (χ4v) is 3.66. The number of nitrogens with zero attached hydrogens (tertiary/aromatic N) is 3. The number of hydrogen-bond donors (Lipinski definition) is 0. The van der Waals surface area contributed by atoms with Gasteiger partial charge in [-0.1, -0.05) is 40.0 Å². The monoisotopic (exact) mass is 333 g/mol. The van der Waals surface area contributed by atoms with E-state index in [9.17, 15) is 4.79 Å². The lowest BCUT2D eigenvalue weighted by atomic mass is 9.88. The SMILES string of the molecule is CC(C)(C)c1cnc(CN2CCN(C(=O)C3CCCCC3)CC2)o1. The van der Waals surface area contributed by atoms with Crippen LogP contribution in [0, 0.1) is 5.92 Å². The molecule has 3 rings (SSSR count). The molecular weight excluding hydrogens is 302 g/mol. The molecule has 5 nitrogen and oxygen atoms in total. The van der Waals surface area contributed by atoms with Gasteiger partial charge in [-0.15, -0.1) is 0 Å². The third-order valence-electron chi connectivity index (χ3n) is 5.29. The topological polar surface area (TPSA) is 49.6 Å². The third-order valence-corrected chi connectivity index (χ3v) is 5.29. The highest BCUT2D eigenvalue weighted by atomic mass is 16.4. The second-order valence-corrected chi connectivity index (χ2v) is 8.30. The molecule has 0 aromatic carbocycles. The Bertz CT molecular complexity index is 547. The van der Waals surface area contributed by atoms with Gasteiger partial charge in [-0.25, -0.2) is 4.98 Å². The van der Waals surface area contributed by atoms with Gasteiger partial charge in [0.2, 0.25) is 11.8 Å². The van der Waals surface area contributed by atoms with Gasteiger partial charge in [-0.3, -0.25) is 9.69 Å². The van der Waals surface area contributed by atoms with E-state index in [0.717, 1.165) is 57.2 Å². The van der Waals surface area contributed by atoms with E-state index in [-0.39, 0.29) is 11.3 Å². The van der Waals surface area contributed by atoms with Gasteiger partial charge in [-0.2, -0.15) is 0 Å². The number of piperazine rings is 1. The lowest BCUT2D eigenvalue weighted by Gasteiger charge is -2.36. The first kappa shape index (κ1) is 17.5. The molecule has 1 saturated heterocycles. The molecule has 1 amide bonds. The number of carbonyl (C=O) groups is 1. The van der Waals surface area contributed by atoms with E-state index in [1.54, 1.807) is 0 Å². The van der Waals surface area contributed by atoms with Crippen LogP contribution in [0.3, 0.4) is 0 Å². The zero-order chi connectivity index (χ0) is 17.2. The van der Waals surface area contributed by atoms with E-state index in [2.05, 4.69) is 35.6 Å². The Morgan fingerprint density at radius 2 is 1.83 bits per heavy atom. The van der Waals surface area contributed by atoms with Crippen molar-refractivity contribution in [3.63, 3.8) is 0 Å². The Morgan fingerprint density at radius 3 is 2.42 bits per heavy atom. The highest BCUT2D eigenvalue weighted by Gasteiger charge is 2.29. The molecule has 1 aliphatic carbocycles. The molecule has 0 spiro atoms. The van der Waals surface area contributed by atoms with Crippen LogP contribution in [0.4, 0.5) is 0 Å². The lowest BCUT2D eigenvalue weighted by molar-refractivity contribution is -0.138. The van der Waals surface area contributed by atoms with Crippen LogP contribution in [0.15, 0.2) is 10.6 Å². The van der Waals surface area contributed by atoms with Crippen molar-refractivity contribution in [3.8, 4) is 0 Å². The molecule has 0 unspecified atom stereocenters. The van der Waals surface area contributed by atoms with Crippen molar-refractivity contribution < 1.29 is 9.21 Å². The first-order valence-corrected chi connectivity index (χ1v) is 9.40. The Kier molecular flexibility index (Phi) is 5.28. The summed E-state index contributed by atoms with van der Waals surface area (Å²) in [4.78, 5) is 21.4. The van der Waals surface area contributed by atoms with Gasteiger partial charge in [0.25, 0.3) is 0 Å². The van der Waals surface area contributed by atoms with Gasteiger partial charge >= 0.3 is 0 Å². The minimum absolute atomic E-state index is 0.00361. The summed E-state index contributed by atoms with van der Waals surface area (Å²) in [7, 11) is 0. The summed E-state index contributed by atoms with van der Waals surface area (Å²) in [6.07, 6.45) is 7.76. The fourth-order valence-electron chi connectivity index (χ4n) is 3.66. The largest absolute Gasteiger partial charge is 0.444 e. The smallest absolute Gasteiger partial charge is 0.225 e. The Hall–Kier alpha value is -1.36. The van der Waals surface area contributed by atoms with E-state index in [1.807, 2.05) is 6.20 Å². The van der Waals surface area contributed by atoms with Gasteiger partial charge in [0, 0.05) is 37.5 Å². The van der Waals surface area contributed by atoms with Crippen LogP contribution >= 0.6 is 0 Å². The first-order chi connectivity index (χ1) is 11.4. The predicted octanol–water partition coefficient (Wildman–Crippen LogP) is 3.20. The molecule has 1 aliphatic heterocycles. The fraction of sp³-hybridized carbons (Fsp3) is 0.789. The minimum atomic E-state index is -0.00361. The average molecular weight is 333 g/mol. The molecule has 1 saturated carbocycles. The van der Waals surface area contributed by atoms with Gasteiger partial charge < -0.3 is 9.32 Å². The maximum Gasteiger partial charge on any atom is 0.225 e. The number of oxazole rings is 1. The van der Waals surface area contributed by atoms with Crippen LogP contribution in [0.2, 0.25) is 0 Å². The molecule has 1 aromatic heterocycles. The van der Waals surface area contributed by atoms with Crippen LogP contribution in [0.1, 0.15) is 64.5 Å². The van der Waals surface area contributed by atoms with Crippen LogP contribution in [-0.2, 0) is 16.8 Å². The van der Waals surface area contributed by atoms with Crippen molar-refractivity contribution in [1.82, 2.24) is 14.8 Å². The quantitative estimate of drug-likeness (QED) is 0.852. The molecule has 134 valence electrons. The Labute approximate surface area is 145 Å². The van der Waals surface area contributed by atoms with Crippen molar-refractivity contribution in [1.29, 1.82) is 0 Å². The molecule has 24 heavy (non-hydrogen) atoms. The van der Waals surface area contributed by atoms with E-state index in [0.29, 0.717) is 5.91 Å². The van der Waals surface area contributed by atoms with Crippen molar-refractivity contribution in [2.75, 3.05) is 26.2 Å². The molecular formula is C19H31N3O2. The van der Waals surface area contributed by atoms with Crippen LogP contribution in [0.5, 0.6) is 0 Å². The molecule has 1 aromatic rings. The molecule has 5 heteroatoms. The average Bonchev–Trinajstić information content (AvgIpc) is 3.05. The molecule has 2 fully saturated rings. The summed E-state index contributed by atoms with van der Waals surface area (Å²) >= 11 is 0. The zero-order valence-corrected chi connectivity index (χ0v) is 15.4. The van der Waals surface area contributed by atoms with E-state index < -0.39 is 0 Å². The highest BCUT2D eigenvalue weighted by Crippen LogP contribution is 2.26. The zero-order valence-electron chi connectivity index (χ0n) is 15.4. The summed E-state index contributed by atoms with van der Waals surface area (Å²) in [6, 6.07) is 0. The summed E-state index contributed by atoms with van der Waals surface area (Å²) in [5.74, 6) is 2.39.